The van der Waals surface area contributed by atoms with Crippen molar-refractivity contribution in [3.8, 4) is 0 Å². The van der Waals surface area contributed by atoms with Crippen molar-refractivity contribution < 1.29 is 39.7 Å². The van der Waals surface area contributed by atoms with Crippen molar-refractivity contribution in [1.29, 1.82) is 0 Å². The molecule has 0 aliphatic carbocycles. The largest absolute Gasteiger partial charge is 0.389 e. The molecule has 10 atom stereocenters. The molecule has 2 heterocycles. The highest BCUT2D eigenvalue weighted by molar-refractivity contribution is 4.94. The van der Waals surface area contributed by atoms with Gasteiger partial charge in [-0.15, -0.1) is 0 Å². The summed E-state index contributed by atoms with van der Waals surface area (Å²) in [5.41, 5.74) is 11.1. The Morgan fingerprint density at radius 2 is 1.48 bits per heavy atom. The van der Waals surface area contributed by atoms with Crippen molar-refractivity contribution >= 4 is 0 Å². The van der Waals surface area contributed by atoms with E-state index in [-0.39, 0.29) is 13.2 Å². The zero-order valence-corrected chi connectivity index (χ0v) is 12.8. The molecule has 0 spiro atoms. The minimum atomic E-state index is -1.49. The van der Waals surface area contributed by atoms with Crippen LogP contribution in [0.5, 0.6) is 0 Å². The van der Waals surface area contributed by atoms with Crippen molar-refractivity contribution in [2.45, 2.75) is 68.1 Å². The van der Waals surface area contributed by atoms with Gasteiger partial charge in [-0.1, -0.05) is 0 Å². The quantitative estimate of drug-likeness (QED) is 0.264. The van der Waals surface area contributed by atoms with Crippen LogP contribution in [0.2, 0.25) is 0 Å². The number of hydrogen-bond donors (Lipinski definition) is 7. The molecule has 0 bridgehead atoms. The second-order valence-electron chi connectivity index (χ2n) is 6.02. The average molecular weight is 338 g/mol. The fraction of sp³-hybridized carbons (Fsp3) is 1.00. The summed E-state index contributed by atoms with van der Waals surface area (Å²) in [6.07, 6.45) is -10.2. The fourth-order valence-electron chi connectivity index (χ4n) is 2.75. The van der Waals surface area contributed by atoms with Gasteiger partial charge in [-0.2, -0.15) is 0 Å². The van der Waals surface area contributed by atoms with Gasteiger partial charge in [0.05, 0.1) is 18.8 Å². The lowest BCUT2D eigenvalue weighted by molar-refractivity contribution is -0.305. The van der Waals surface area contributed by atoms with Crippen LogP contribution in [-0.2, 0) is 14.2 Å². The predicted molar refractivity (Wildman–Crippen MR) is 76.0 cm³/mol. The van der Waals surface area contributed by atoms with Crippen LogP contribution < -0.4 is 11.5 Å². The van der Waals surface area contributed by atoms with E-state index in [1.807, 2.05) is 0 Å². The van der Waals surface area contributed by atoms with Gasteiger partial charge in [0.25, 0.3) is 0 Å². The summed E-state index contributed by atoms with van der Waals surface area (Å²) >= 11 is 0. The van der Waals surface area contributed by atoms with Gasteiger partial charge in [0, 0.05) is 6.54 Å². The molecule has 23 heavy (non-hydrogen) atoms. The highest BCUT2D eigenvalue weighted by Crippen LogP contribution is 2.24. The lowest BCUT2D eigenvalue weighted by Gasteiger charge is -2.42. The van der Waals surface area contributed by atoms with E-state index in [2.05, 4.69) is 0 Å². The third-order valence-corrected chi connectivity index (χ3v) is 4.38. The van der Waals surface area contributed by atoms with Crippen LogP contribution in [0.1, 0.15) is 6.92 Å². The van der Waals surface area contributed by atoms with E-state index >= 15 is 0 Å². The van der Waals surface area contributed by atoms with E-state index in [1.54, 1.807) is 6.92 Å². The second-order valence-corrected chi connectivity index (χ2v) is 6.02. The third-order valence-electron chi connectivity index (χ3n) is 4.38. The molecule has 0 aromatic rings. The second kappa shape index (κ2) is 7.66. The number of rotatable bonds is 4. The highest BCUT2D eigenvalue weighted by atomic mass is 16.7. The summed E-state index contributed by atoms with van der Waals surface area (Å²) in [6.45, 7) is 1.37. The Hall–Kier alpha value is -0.400. The molecule has 0 aromatic carbocycles. The van der Waals surface area contributed by atoms with E-state index in [1.165, 1.54) is 0 Å². The summed E-state index contributed by atoms with van der Waals surface area (Å²) < 4.78 is 16.1. The maximum absolute atomic E-state index is 9.97. The van der Waals surface area contributed by atoms with Gasteiger partial charge < -0.3 is 51.2 Å². The molecule has 2 aliphatic rings. The molecule has 10 nitrogen and oxygen atoms in total. The van der Waals surface area contributed by atoms with Gasteiger partial charge in [-0.05, 0) is 6.92 Å². The van der Waals surface area contributed by atoms with Crippen molar-refractivity contribution in [1.82, 2.24) is 0 Å². The molecular formula is C13H26N2O8. The highest BCUT2D eigenvalue weighted by Gasteiger charge is 2.45. The van der Waals surface area contributed by atoms with Crippen molar-refractivity contribution in [3.63, 3.8) is 0 Å². The van der Waals surface area contributed by atoms with E-state index in [9.17, 15) is 25.5 Å². The Bertz CT molecular complexity index is 387. The van der Waals surface area contributed by atoms with Gasteiger partial charge in [-0.3, -0.25) is 0 Å². The molecule has 2 aliphatic heterocycles. The SMILES string of the molecule is C[C@H]1O[C@H](COC2O[C@H](CN)[C@@H](O)[C@H](O)[C@H]2O)[C@@H](O)[C@H](O)[C@H]1N. The van der Waals surface area contributed by atoms with Gasteiger partial charge in [0.2, 0.25) is 0 Å². The Morgan fingerprint density at radius 1 is 0.870 bits per heavy atom. The van der Waals surface area contributed by atoms with Crippen LogP contribution in [0.3, 0.4) is 0 Å². The van der Waals surface area contributed by atoms with Crippen LogP contribution >= 0.6 is 0 Å². The minimum absolute atomic E-state index is 0.0715. The van der Waals surface area contributed by atoms with Gasteiger partial charge in [-0.25, -0.2) is 0 Å². The lowest BCUT2D eigenvalue weighted by atomic mass is 9.94. The summed E-state index contributed by atoms with van der Waals surface area (Å²) in [5, 5.41) is 49.2. The van der Waals surface area contributed by atoms with Gasteiger partial charge >= 0.3 is 0 Å². The number of ether oxygens (including phenoxy) is 3. The molecule has 10 heteroatoms. The molecule has 136 valence electrons. The summed E-state index contributed by atoms with van der Waals surface area (Å²) in [5.74, 6) is 0. The van der Waals surface area contributed by atoms with Crippen LogP contribution in [0.25, 0.3) is 0 Å². The topological polar surface area (TPSA) is 181 Å². The first-order valence-corrected chi connectivity index (χ1v) is 7.56. The molecule has 0 aromatic heterocycles. The number of aliphatic hydroxyl groups is 5. The van der Waals surface area contributed by atoms with Crippen molar-refractivity contribution in [2.24, 2.45) is 11.5 Å². The maximum Gasteiger partial charge on any atom is 0.186 e. The third kappa shape index (κ3) is 3.82. The molecule has 0 saturated carbocycles. The monoisotopic (exact) mass is 338 g/mol. The van der Waals surface area contributed by atoms with Crippen molar-refractivity contribution in [3.05, 3.63) is 0 Å². The Balaban J connectivity index is 1.94. The smallest absolute Gasteiger partial charge is 0.186 e. The fourth-order valence-corrected chi connectivity index (χ4v) is 2.75. The zero-order valence-electron chi connectivity index (χ0n) is 12.8. The summed E-state index contributed by atoms with van der Waals surface area (Å²) in [4.78, 5) is 0. The minimum Gasteiger partial charge on any atom is -0.389 e. The number of nitrogens with two attached hydrogens (primary N) is 2. The molecule has 2 rings (SSSR count). The van der Waals surface area contributed by atoms with E-state index in [0.717, 1.165) is 0 Å². The lowest BCUT2D eigenvalue weighted by Crippen LogP contribution is -2.62. The van der Waals surface area contributed by atoms with E-state index in [0.29, 0.717) is 0 Å². The van der Waals surface area contributed by atoms with Crippen LogP contribution in [0.4, 0.5) is 0 Å². The van der Waals surface area contributed by atoms with E-state index < -0.39 is 61.2 Å². The van der Waals surface area contributed by atoms with Crippen LogP contribution in [-0.4, -0.2) is 99.8 Å². The number of aliphatic hydroxyl groups excluding tert-OH is 5. The molecule has 1 unspecified atom stereocenters. The standard InChI is InChI=1S/C13H26N2O8/c1-4-7(15)10(18)9(17)6(22-4)3-21-13-12(20)11(19)8(16)5(2-14)23-13/h4-13,16-20H,2-3,14-15H2,1H3/t4-,5-,6-,7+,8-,9-,10-,11+,12-,13?/m1/s1. The Morgan fingerprint density at radius 3 is 2.09 bits per heavy atom. The summed E-state index contributed by atoms with van der Waals surface area (Å²) in [7, 11) is 0. The molecule has 9 N–H and O–H groups in total. The first-order chi connectivity index (χ1) is 10.8. The predicted octanol–water partition coefficient (Wildman–Crippen LogP) is -4.39. The van der Waals surface area contributed by atoms with Gasteiger partial charge in [0.1, 0.15) is 42.7 Å². The van der Waals surface area contributed by atoms with E-state index in [4.69, 9.17) is 25.7 Å². The Labute approximate surface area is 133 Å². The van der Waals surface area contributed by atoms with Crippen LogP contribution in [0, 0.1) is 0 Å². The Kier molecular flexibility index (Phi) is 6.30. The van der Waals surface area contributed by atoms with Crippen molar-refractivity contribution in [2.75, 3.05) is 13.2 Å². The normalized spacial score (nSPS) is 51.7. The molecule has 2 saturated heterocycles. The van der Waals surface area contributed by atoms with Crippen LogP contribution in [0.15, 0.2) is 0 Å². The first-order valence-electron chi connectivity index (χ1n) is 7.56. The first kappa shape index (κ1) is 18.9. The molecule has 0 amide bonds. The van der Waals surface area contributed by atoms with Gasteiger partial charge in [0.15, 0.2) is 6.29 Å². The summed E-state index contributed by atoms with van der Waals surface area (Å²) in [6, 6.07) is -0.726. The zero-order chi connectivity index (χ0) is 17.3. The molecule has 2 fully saturated rings. The molecular weight excluding hydrogens is 312 g/mol. The maximum atomic E-state index is 9.97. The number of hydrogen-bond acceptors (Lipinski definition) is 10. The molecule has 0 radical (unpaired) electrons. The average Bonchev–Trinajstić information content (AvgIpc) is 2.54.